The molecule has 1 saturated carbocycles. The Hall–Kier alpha value is -1.70. The molecule has 0 radical (unpaired) electrons. The Morgan fingerprint density at radius 1 is 0.796 bits per heavy atom. The van der Waals surface area contributed by atoms with Crippen molar-refractivity contribution >= 4 is 11.8 Å². The molecule has 3 aliphatic heterocycles. The average molecular weight is 760 g/mol. The fourth-order valence-corrected chi connectivity index (χ4v) is 11.1. The van der Waals surface area contributed by atoms with Gasteiger partial charge in [0.05, 0.1) is 30.8 Å². The third-order valence-corrected chi connectivity index (χ3v) is 13.9. The fraction of sp³-hybridized carbons (Fsp3) is 0.860. The number of carbonyl (C=O) groups is 2. The molecule has 17 atom stereocenters. The van der Waals surface area contributed by atoms with Crippen LogP contribution in [0, 0.1) is 35.5 Å². The Morgan fingerprint density at radius 2 is 1.54 bits per heavy atom. The van der Waals surface area contributed by atoms with Crippen molar-refractivity contribution in [2.75, 3.05) is 35.4 Å². The second-order valence-electron chi connectivity index (χ2n) is 17.2. The Labute approximate surface area is 324 Å². The first-order chi connectivity index (χ1) is 25.9. The number of hydrogen-bond acceptors (Lipinski definition) is 11. The summed E-state index contributed by atoms with van der Waals surface area (Å²) in [5.41, 5.74) is 2.09. The molecule has 3 saturated heterocycles. The van der Waals surface area contributed by atoms with E-state index in [0.29, 0.717) is 18.4 Å². The number of Topliss-reactive ketones (excluding diaryl/α,β-unsaturated/α-hetero) is 1. The number of ether oxygens (including phenoxy) is 8. The van der Waals surface area contributed by atoms with Crippen LogP contribution in [0.2, 0.25) is 0 Å². The van der Waals surface area contributed by atoms with Crippen LogP contribution in [-0.2, 0) is 47.5 Å². The van der Waals surface area contributed by atoms with Gasteiger partial charge in [-0.15, -0.1) is 0 Å². The van der Waals surface area contributed by atoms with Crippen molar-refractivity contribution in [3.05, 3.63) is 23.3 Å². The van der Waals surface area contributed by atoms with E-state index in [1.165, 1.54) is 5.57 Å². The van der Waals surface area contributed by atoms with Crippen LogP contribution < -0.4 is 0 Å². The molecule has 0 aromatic heterocycles. The summed E-state index contributed by atoms with van der Waals surface area (Å²) in [5, 5.41) is 0. The average Bonchev–Trinajstić information content (AvgIpc) is 3.72. The quantitative estimate of drug-likeness (QED) is 0.186. The van der Waals surface area contributed by atoms with E-state index in [4.69, 9.17) is 37.9 Å². The molecule has 11 nitrogen and oxygen atoms in total. The Balaban J connectivity index is 1.25. The number of methoxy groups -OCH3 is 3. The van der Waals surface area contributed by atoms with E-state index >= 15 is 0 Å². The van der Waals surface area contributed by atoms with E-state index in [2.05, 4.69) is 58.8 Å². The number of nitrogens with zero attached hydrogens (tertiary/aromatic N) is 1. The molecule has 0 bridgehead atoms. The molecule has 0 amide bonds. The first-order valence-electron chi connectivity index (χ1n) is 20.9. The number of cyclic esters (lactones) is 1. The Kier molecular flexibility index (Phi) is 14.2. The topological polar surface area (TPSA) is 111 Å². The minimum absolute atomic E-state index is 0.0361. The zero-order valence-corrected chi connectivity index (χ0v) is 34.6. The number of allylic oxidation sites excluding steroid dienone is 4. The van der Waals surface area contributed by atoms with Crippen molar-refractivity contribution in [3.63, 3.8) is 0 Å². The normalized spacial score (nSPS) is 44.7. The number of likely N-dealkylation sites (N-methyl/N-ethyl adjacent to an activating group) is 1. The minimum atomic E-state index is -0.599. The number of ketones is 1. The van der Waals surface area contributed by atoms with E-state index in [1.807, 2.05) is 6.92 Å². The summed E-state index contributed by atoms with van der Waals surface area (Å²) in [6.07, 6.45) is 9.32. The third-order valence-electron chi connectivity index (χ3n) is 13.9. The van der Waals surface area contributed by atoms with Crippen LogP contribution in [0.25, 0.3) is 0 Å². The molecular formula is C43H69NO10. The van der Waals surface area contributed by atoms with Gasteiger partial charge in [0.25, 0.3) is 0 Å². The number of carbonyl (C=O) groups excluding carboxylic acids is 2. The van der Waals surface area contributed by atoms with E-state index in [1.54, 1.807) is 21.3 Å². The van der Waals surface area contributed by atoms with Crippen LogP contribution in [-0.4, -0.2) is 120 Å². The second-order valence-corrected chi connectivity index (χ2v) is 17.2. The molecule has 6 aliphatic rings. The minimum Gasteiger partial charge on any atom is -0.462 e. The first-order valence-corrected chi connectivity index (χ1v) is 20.9. The van der Waals surface area contributed by atoms with Crippen LogP contribution in [0.15, 0.2) is 23.3 Å². The maximum Gasteiger partial charge on any atom is 0.306 e. The highest BCUT2D eigenvalue weighted by atomic mass is 16.7. The molecule has 0 spiro atoms. The van der Waals surface area contributed by atoms with Crippen molar-refractivity contribution in [2.24, 2.45) is 35.5 Å². The summed E-state index contributed by atoms with van der Waals surface area (Å²) in [6, 6.07) is 0.337. The molecule has 0 unspecified atom stereocenters. The fourth-order valence-electron chi connectivity index (χ4n) is 11.1. The zero-order valence-electron chi connectivity index (χ0n) is 34.6. The van der Waals surface area contributed by atoms with E-state index in [-0.39, 0.29) is 96.8 Å². The Bertz CT molecular complexity index is 1350. The number of rotatable bonds is 10. The lowest BCUT2D eigenvalue weighted by Crippen LogP contribution is -2.59. The first kappa shape index (κ1) is 41.9. The van der Waals surface area contributed by atoms with Crippen LogP contribution in [0.3, 0.4) is 0 Å². The maximum atomic E-state index is 15.0. The molecule has 4 fully saturated rings. The van der Waals surface area contributed by atoms with Gasteiger partial charge >= 0.3 is 5.97 Å². The van der Waals surface area contributed by atoms with E-state index in [0.717, 1.165) is 56.9 Å². The van der Waals surface area contributed by atoms with Gasteiger partial charge in [-0.25, -0.2) is 0 Å². The SMILES string of the molecule is CC[C@H]1CCC[C@H](O[C@H]2CC[C@H](N(C)C)[C@@H](C)O2)[C@@H](CC)C(=O)C2=C[C@@H]3[C@@H](C=C(C)[C@@H]4C[C@@H](O[C@@H]5O[C@@H](C)[C@H](OC)[C@@H](OC)[C@H]5OC)C[C@@H]34)[C@@H]2CC(=O)O1. The molecule has 54 heavy (non-hydrogen) atoms. The summed E-state index contributed by atoms with van der Waals surface area (Å²) in [5.74, 6) is 0.102. The molecule has 306 valence electrons. The summed E-state index contributed by atoms with van der Waals surface area (Å²) in [4.78, 5) is 30.8. The van der Waals surface area contributed by atoms with Gasteiger partial charge in [-0.1, -0.05) is 31.6 Å². The van der Waals surface area contributed by atoms with Crippen molar-refractivity contribution in [1.82, 2.24) is 4.90 Å². The smallest absolute Gasteiger partial charge is 0.306 e. The van der Waals surface area contributed by atoms with Crippen molar-refractivity contribution in [1.29, 1.82) is 0 Å². The van der Waals surface area contributed by atoms with Crippen molar-refractivity contribution in [3.8, 4) is 0 Å². The van der Waals surface area contributed by atoms with Gasteiger partial charge in [-0.3, -0.25) is 9.59 Å². The maximum absolute atomic E-state index is 15.0. The molecular weight excluding hydrogens is 690 g/mol. The van der Waals surface area contributed by atoms with Gasteiger partial charge in [0.2, 0.25) is 0 Å². The summed E-state index contributed by atoms with van der Waals surface area (Å²) < 4.78 is 50.0. The highest BCUT2D eigenvalue weighted by molar-refractivity contribution is 5.99. The lowest BCUT2D eigenvalue weighted by molar-refractivity contribution is -0.314. The second kappa shape index (κ2) is 18.3. The molecule has 0 aromatic rings. The number of hydrogen-bond donors (Lipinski definition) is 0. The molecule has 6 rings (SSSR count). The third kappa shape index (κ3) is 8.59. The molecule has 3 heterocycles. The molecule has 11 heteroatoms. The zero-order chi connectivity index (χ0) is 38.8. The molecule has 0 aromatic carbocycles. The van der Waals surface area contributed by atoms with Crippen molar-refractivity contribution < 1.29 is 47.5 Å². The molecule has 3 aliphatic carbocycles. The van der Waals surface area contributed by atoms with Gasteiger partial charge < -0.3 is 42.8 Å². The number of esters is 1. The predicted octanol–water partition coefficient (Wildman–Crippen LogP) is 6.27. The summed E-state index contributed by atoms with van der Waals surface area (Å²) in [6.45, 7) is 10.5. The van der Waals surface area contributed by atoms with Gasteiger partial charge in [0.15, 0.2) is 18.4 Å². The lowest BCUT2D eigenvalue weighted by atomic mass is 9.67. The lowest BCUT2D eigenvalue weighted by Gasteiger charge is -2.44. The summed E-state index contributed by atoms with van der Waals surface area (Å²) in [7, 11) is 9.18. The van der Waals surface area contributed by atoms with Crippen LogP contribution >= 0.6 is 0 Å². The Morgan fingerprint density at radius 3 is 2.19 bits per heavy atom. The van der Waals surface area contributed by atoms with E-state index < -0.39 is 12.4 Å². The van der Waals surface area contributed by atoms with Crippen LogP contribution in [0.4, 0.5) is 0 Å². The van der Waals surface area contributed by atoms with Gasteiger partial charge in [0.1, 0.15) is 24.4 Å². The standard InChI is InChI=1S/C43H69NO10/c1-11-26-14-13-15-36(54-38-17-16-35(44(6)7)24(4)50-38)28(12-2)39(46)34-21-32-30(33(34)22-37(45)52-26)18-23(3)29-19-27(20-31(29)32)53-43-42(49-10)41(48-9)40(47-8)25(5)51-43/h18,21,24-33,35-36,38,40-43H,11-17,19-20,22H2,1-10H3/t24-,25+,26+,27-,28-,29+,30-,31-,32-,33+,35+,36+,38+,40+,41-,42-,43+/m1/s1. The van der Waals surface area contributed by atoms with Crippen LogP contribution in [0.1, 0.15) is 98.8 Å². The largest absolute Gasteiger partial charge is 0.462 e. The predicted molar refractivity (Wildman–Crippen MR) is 203 cm³/mol. The molecule has 0 N–H and O–H groups in total. The van der Waals surface area contributed by atoms with Gasteiger partial charge in [-0.05, 0) is 122 Å². The monoisotopic (exact) mass is 759 g/mol. The van der Waals surface area contributed by atoms with Gasteiger partial charge in [0, 0.05) is 39.2 Å². The van der Waals surface area contributed by atoms with Crippen LogP contribution in [0.5, 0.6) is 0 Å². The highest BCUT2D eigenvalue weighted by Crippen LogP contribution is 2.56. The number of fused-ring (bicyclic) bond motifs is 5. The summed E-state index contributed by atoms with van der Waals surface area (Å²) >= 11 is 0. The highest BCUT2D eigenvalue weighted by Gasteiger charge is 2.54. The van der Waals surface area contributed by atoms with E-state index in [9.17, 15) is 9.59 Å². The van der Waals surface area contributed by atoms with Gasteiger partial charge in [-0.2, -0.15) is 0 Å². The van der Waals surface area contributed by atoms with Crippen molar-refractivity contribution in [2.45, 2.75) is 166 Å².